The van der Waals surface area contributed by atoms with Crippen molar-refractivity contribution in [1.82, 2.24) is 14.3 Å². The van der Waals surface area contributed by atoms with E-state index in [1.54, 1.807) is 0 Å². The number of aryl methyl sites for hydroxylation is 1. The van der Waals surface area contributed by atoms with Crippen molar-refractivity contribution in [2.45, 2.75) is 25.7 Å². The molecule has 2 N–H and O–H groups in total. The summed E-state index contributed by atoms with van der Waals surface area (Å²) in [5, 5.41) is 0. The second-order valence-corrected chi connectivity index (χ2v) is 5.73. The minimum Gasteiger partial charge on any atom is -0.369 e. The summed E-state index contributed by atoms with van der Waals surface area (Å²) in [6, 6.07) is 5.91. The lowest BCUT2D eigenvalue weighted by Crippen LogP contribution is -2.41. The minimum atomic E-state index is -0.254. The Bertz CT molecular complexity index is 686. The smallest absolute Gasteiger partial charge is 0.223 e. The number of hydrogen-bond acceptors (Lipinski definition) is 3. The molecule has 0 aromatic carbocycles. The number of rotatable bonds is 4. The minimum absolute atomic E-state index is 0.0831. The first-order chi connectivity index (χ1) is 10.6. The summed E-state index contributed by atoms with van der Waals surface area (Å²) >= 11 is 0. The van der Waals surface area contributed by atoms with Gasteiger partial charge in [-0.2, -0.15) is 0 Å². The van der Waals surface area contributed by atoms with Crippen LogP contribution in [0.3, 0.4) is 0 Å². The first-order valence-corrected chi connectivity index (χ1v) is 7.63. The van der Waals surface area contributed by atoms with Gasteiger partial charge >= 0.3 is 0 Å². The zero-order chi connectivity index (χ0) is 15.5. The number of nitrogens with zero attached hydrogens (tertiary/aromatic N) is 3. The standard InChI is InChI=1S/C16H20N4O2/c17-16(22)12-6-9-19(10-7-12)15(21)5-4-14-18-11-13-3-1-2-8-20(13)14/h1-3,8,11-12H,4-7,9-10H2,(H2,17,22). The van der Waals surface area contributed by atoms with Crippen LogP contribution in [0.5, 0.6) is 0 Å². The van der Waals surface area contributed by atoms with Crippen molar-refractivity contribution < 1.29 is 9.59 Å². The number of nitrogens with two attached hydrogens (primary N) is 1. The van der Waals surface area contributed by atoms with Gasteiger partial charge in [0.1, 0.15) is 5.82 Å². The van der Waals surface area contributed by atoms with Crippen LogP contribution in [0.15, 0.2) is 30.6 Å². The first-order valence-electron chi connectivity index (χ1n) is 7.63. The zero-order valence-corrected chi connectivity index (χ0v) is 12.4. The maximum Gasteiger partial charge on any atom is 0.223 e. The Morgan fingerprint density at radius 1 is 1.27 bits per heavy atom. The molecule has 0 atom stereocenters. The van der Waals surface area contributed by atoms with Gasteiger partial charge in [0.2, 0.25) is 11.8 Å². The maximum atomic E-state index is 12.3. The van der Waals surface area contributed by atoms with Gasteiger partial charge in [-0.1, -0.05) is 6.07 Å². The average molecular weight is 300 g/mol. The fraction of sp³-hybridized carbons (Fsp3) is 0.438. The molecule has 1 aliphatic rings. The number of carbonyl (C=O) groups is 2. The molecular weight excluding hydrogens is 280 g/mol. The Labute approximate surface area is 128 Å². The normalized spacial score (nSPS) is 16.1. The van der Waals surface area contributed by atoms with Crippen LogP contribution < -0.4 is 5.73 Å². The van der Waals surface area contributed by atoms with Gasteiger partial charge in [0.15, 0.2) is 0 Å². The Morgan fingerprint density at radius 3 is 2.77 bits per heavy atom. The van der Waals surface area contributed by atoms with Crippen molar-refractivity contribution in [1.29, 1.82) is 0 Å². The molecule has 22 heavy (non-hydrogen) atoms. The lowest BCUT2D eigenvalue weighted by molar-refractivity contribution is -0.134. The lowest BCUT2D eigenvalue weighted by atomic mass is 9.96. The van der Waals surface area contributed by atoms with Crippen LogP contribution in [0, 0.1) is 5.92 Å². The van der Waals surface area contributed by atoms with Gasteiger partial charge in [-0.05, 0) is 25.0 Å². The molecule has 0 unspecified atom stereocenters. The highest BCUT2D eigenvalue weighted by molar-refractivity contribution is 5.79. The van der Waals surface area contributed by atoms with E-state index in [0.29, 0.717) is 38.8 Å². The molecule has 3 rings (SSSR count). The molecule has 2 aromatic rings. The molecule has 0 saturated carbocycles. The monoisotopic (exact) mass is 300 g/mol. The van der Waals surface area contributed by atoms with Crippen molar-refractivity contribution in [2.24, 2.45) is 11.7 Å². The van der Waals surface area contributed by atoms with E-state index in [2.05, 4.69) is 4.98 Å². The van der Waals surface area contributed by atoms with E-state index in [1.807, 2.05) is 39.9 Å². The van der Waals surface area contributed by atoms with E-state index in [1.165, 1.54) is 0 Å². The third-order valence-electron chi connectivity index (χ3n) is 4.33. The van der Waals surface area contributed by atoms with Crippen molar-refractivity contribution in [3.63, 3.8) is 0 Å². The molecule has 1 saturated heterocycles. The molecule has 0 radical (unpaired) electrons. The van der Waals surface area contributed by atoms with Gasteiger partial charge in [-0.3, -0.25) is 9.59 Å². The molecule has 0 spiro atoms. The molecule has 3 heterocycles. The Morgan fingerprint density at radius 2 is 2.05 bits per heavy atom. The summed E-state index contributed by atoms with van der Waals surface area (Å²) in [6.45, 7) is 1.24. The third-order valence-corrected chi connectivity index (χ3v) is 4.33. The Hall–Kier alpha value is -2.37. The van der Waals surface area contributed by atoms with Gasteiger partial charge in [-0.15, -0.1) is 0 Å². The number of hydrogen-bond donors (Lipinski definition) is 1. The Kier molecular flexibility index (Phi) is 4.09. The molecule has 1 aliphatic heterocycles. The number of imidazole rings is 1. The highest BCUT2D eigenvalue weighted by Gasteiger charge is 2.25. The van der Waals surface area contributed by atoms with E-state index < -0.39 is 0 Å². The Balaban J connectivity index is 1.56. The first kappa shape index (κ1) is 14.6. The predicted molar refractivity (Wildman–Crippen MR) is 82.0 cm³/mol. The third kappa shape index (κ3) is 2.95. The summed E-state index contributed by atoms with van der Waals surface area (Å²) in [4.78, 5) is 29.6. The quantitative estimate of drug-likeness (QED) is 0.914. The van der Waals surface area contributed by atoms with Gasteiger partial charge in [0.25, 0.3) is 0 Å². The second kappa shape index (κ2) is 6.17. The fourth-order valence-corrected chi connectivity index (χ4v) is 2.97. The summed E-state index contributed by atoms with van der Waals surface area (Å²) in [7, 11) is 0. The molecule has 0 aliphatic carbocycles. The van der Waals surface area contributed by atoms with E-state index in [9.17, 15) is 9.59 Å². The van der Waals surface area contributed by atoms with Crippen LogP contribution in [-0.4, -0.2) is 39.2 Å². The van der Waals surface area contributed by atoms with Gasteiger partial charge in [0.05, 0.1) is 11.7 Å². The van der Waals surface area contributed by atoms with Gasteiger partial charge < -0.3 is 15.0 Å². The SMILES string of the molecule is NC(=O)C1CCN(C(=O)CCc2ncc3ccccn23)CC1. The van der Waals surface area contributed by atoms with Crippen LogP contribution in [0.25, 0.3) is 5.52 Å². The number of likely N-dealkylation sites (tertiary alicyclic amines) is 1. The number of piperidine rings is 1. The predicted octanol–water partition coefficient (Wildman–Crippen LogP) is 0.991. The lowest BCUT2D eigenvalue weighted by Gasteiger charge is -2.30. The van der Waals surface area contributed by atoms with E-state index in [0.717, 1.165) is 11.3 Å². The molecule has 6 heteroatoms. The van der Waals surface area contributed by atoms with Gasteiger partial charge in [0, 0.05) is 38.0 Å². The number of aromatic nitrogens is 2. The number of amides is 2. The van der Waals surface area contributed by atoms with Crippen LogP contribution in [0.2, 0.25) is 0 Å². The number of fused-ring (bicyclic) bond motifs is 1. The molecule has 2 amide bonds. The molecule has 0 bridgehead atoms. The average Bonchev–Trinajstić information content (AvgIpc) is 2.96. The van der Waals surface area contributed by atoms with E-state index >= 15 is 0 Å². The zero-order valence-electron chi connectivity index (χ0n) is 12.4. The van der Waals surface area contributed by atoms with E-state index in [-0.39, 0.29) is 17.7 Å². The molecule has 1 fully saturated rings. The number of primary amides is 1. The van der Waals surface area contributed by atoms with Crippen LogP contribution in [-0.2, 0) is 16.0 Å². The summed E-state index contributed by atoms with van der Waals surface area (Å²) < 4.78 is 2.01. The molecular formula is C16H20N4O2. The largest absolute Gasteiger partial charge is 0.369 e. The summed E-state index contributed by atoms with van der Waals surface area (Å²) in [5.41, 5.74) is 6.35. The molecule has 6 nitrogen and oxygen atoms in total. The maximum absolute atomic E-state index is 12.3. The van der Waals surface area contributed by atoms with Crippen molar-refractivity contribution >= 4 is 17.3 Å². The molecule has 2 aromatic heterocycles. The van der Waals surface area contributed by atoms with Crippen LogP contribution in [0.1, 0.15) is 25.1 Å². The second-order valence-electron chi connectivity index (χ2n) is 5.73. The van der Waals surface area contributed by atoms with Crippen molar-refractivity contribution in [2.75, 3.05) is 13.1 Å². The summed E-state index contributed by atoms with van der Waals surface area (Å²) in [5.74, 6) is 0.683. The van der Waals surface area contributed by atoms with Crippen LogP contribution >= 0.6 is 0 Å². The number of carbonyl (C=O) groups excluding carboxylic acids is 2. The van der Waals surface area contributed by atoms with E-state index in [4.69, 9.17) is 5.73 Å². The van der Waals surface area contributed by atoms with Crippen molar-refractivity contribution in [3.05, 3.63) is 36.4 Å². The van der Waals surface area contributed by atoms with Crippen LogP contribution in [0.4, 0.5) is 0 Å². The van der Waals surface area contributed by atoms with Crippen molar-refractivity contribution in [3.8, 4) is 0 Å². The highest BCUT2D eigenvalue weighted by Crippen LogP contribution is 2.18. The topological polar surface area (TPSA) is 80.7 Å². The molecule has 116 valence electrons. The van der Waals surface area contributed by atoms with Gasteiger partial charge in [-0.25, -0.2) is 4.98 Å². The summed E-state index contributed by atoms with van der Waals surface area (Å²) in [6.07, 6.45) is 6.18. The number of pyridine rings is 1. The fourth-order valence-electron chi connectivity index (χ4n) is 2.97. The highest BCUT2D eigenvalue weighted by atomic mass is 16.2.